The molecule has 29 heavy (non-hydrogen) atoms. The Kier molecular flexibility index (Phi) is 4.29. The van der Waals surface area contributed by atoms with Crippen LogP contribution in [0.1, 0.15) is 37.3 Å². The van der Waals surface area contributed by atoms with Gasteiger partial charge in [0.15, 0.2) is 0 Å². The smallest absolute Gasteiger partial charge is 0.273 e. The predicted molar refractivity (Wildman–Crippen MR) is 110 cm³/mol. The van der Waals surface area contributed by atoms with Crippen LogP contribution in [-0.2, 0) is 4.79 Å². The van der Waals surface area contributed by atoms with Crippen molar-refractivity contribution in [3.05, 3.63) is 75.5 Å². The number of rotatable bonds is 2. The van der Waals surface area contributed by atoms with Gasteiger partial charge in [0.2, 0.25) is 0 Å². The summed E-state index contributed by atoms with van der Waals surface area (Å²) in [5.41, 5.74) is 3.87. The molecule has 1 atom stereocenters. The summed E-state index contributed by atoms with van der Waals surface area (Å²) in [6.07, 6.45) is 3.90. The van der Waals surface area contributed by atoms with Gasteiger partial charge in [-0.2, -0.15) is 0 Å². The molecule has 0 saturated carbocycles. The number of hydrogen-bond acceptors (Lipinski definition) is 5. The van der Waals surface area contributed by atoms with Gasteiger partial charge in [-0.05, 0) is 37.5 Å². The van der Waals surface area contributed by atoms with Crippen LogP contribution in [0.5, 0.6) is 0 Å². The first-order chi connectivity index (χ1) is 14.1. The van der Waals surface area contributed by atoms with Gasteiger partial charge in [-0.1, -0.05) is 24.6 Å². The molecule has 0 bridgehead atoms. The molecule has 2 saturated heterocycles. The van der Waals surface area contributed by atoms with Crippen LogP contribution in [-0.4, -0.2) is 21.9 Å². The first-order valence-electron chi connectivity index (χ1n) is 9.71. The number of carbonyl (C=O) groups is 1. The Bertz CT molecular complexity index is 1040. The third-order valence-electron chi connectivity index (χ3n) is 5.84. The summed E-state index contributed by atoms with van der Waals surface area (Å²) in [4.78, 5) is 26.7. The molecule has 0 N–H and O–H groups in total. The third-order valence-corrected chi connectivity index (χ3v) is 6.19. The van der Waals surface area contributed by atoms with Gasteiger partial charge in [-0.25, -0.2) is 5.01 Å². The topological polar surface area (TPSA) is 69.9 Å². The highest BCUT2D eigenvalue weighted by Crippen LogP contribution is 2.52. The summed E-state index contributed by atoms with van der Waals surface area (Å²) in [5, 5.41) is 12.9. The number of anilines is 2. The van der Waals surface area contributed by atoms with Crippen molar-refractivity contribution >= 4 is 34.7 Å². The molecule has 0 radical (unpaired) electrons. The fourth-order valence-electron chi connectivity index (χ4n) is 4.56. The van der Waals surface area contributed by atoms with E-state index in [0.29, 0.717) is 16.8 Å². The Morgan fingerprint density at radius 1 is 1.07 bits per heavy atom. The molecule has 0 aliphatic carbocycles. The number of halogens is 1. The van der Waals surface area contributed by atoms with Crippen LogP contribution in [0.3, 0.4) is 0 Å². The van der Waals surface area contributed by atoms with Crippen molar-refractivity contribution in [3.63, 3.8) is 0 Å². The van der Waals surface area contributed by atoms with Crippen LogP contribution < -0.4 is 9.91 Å². The lowest BCUT2D eigenvalue weighted by atomic mass is 9.90. The number of allylic oxidation sites excluding steroid dienone is 1. The number of hydrazine groups is 1. The second-order valence-corrected chi connectivity index (χ2v) is 7.81. The van der Waals surface area contributed by atoms with E-state index in [0.717, 1.165) is 43.6 Å². The number of carbonyl (C=O) groups excluding carboxylic acids is 1. The minimum atomic E-state index is -0.552. The highest BCUT2D eigenvalue weighted by molar-refractivity contribution is 6.22. The number of nitro groups is 1. The number of benzene rings is 2. The molecule has 3 heterocycles. The molecule has 1 unspecified atom stereocenters. The van der Waals surface area contributed by atoms with Gasteiger partial charge in [0, 0.05) is 47.4 Å². The molecule has 8 heteroatoms. The van der Waals surface area contributed by atoms with E-state index in [1.54, 1.807) is 12.1 Å². The van der Waals surface area contributed by atoms with Gasteiger partial charge in [0.1, 0.15) is 6.04 Å². The Morgan fingerprint density at radius 3 is 2.62 bits per heavy atom. The Morgan fingerprint density at radius 2 is 1.86 bits per heavy atom. The molecular weight excluding hydrogens is 392 g/mol. The van der Waals surface area contributed by atoms with Crippen LogP contribution in [0.4, 0.5) is 17.1 Å². The number of fused-ring (bicyclic) bond motifs is 5. The van der Waals surface area contributed by atoms with E-state index in [4.69, 9.17) is 11.8 Å². The van der Waals surface area contributed by atoms with Gasteiger partial charge in [0.25, 0.3) is 11.6 Å². The molecule has 7 nitrogen and oxygen atoms in total. The quantitative estimate of drug-likeness (QED) is 0.407. The second-order valence-electron chi connectivity index (χ2n) is 7.47. The second kappa shape index (κ2) is 6.86. The molecule has 2 aromatic rings. The molecule has 2 aromatic carbocycles. The summed E-state index contributed by atoms with van der Waals surface area (Å²) in [7, 11) is 0. The SMILES string of the molecule is O=C1C2=C3CCCCCN3c3ccc([N+](=O)[O-])cc3C2N(Cl)N1c1ccccc1. The number of non-ortho nitro benzene ring substituents is 1. The molecule has 5 rings (SSSR count). The highest BCUT2D eigenvalue weighted by atomic mass is 35.5. The van der Waals surface area contributed by atoms with Crippen molar-refractivity contribution < 1.29 is 9.72 Å². The molecule has 0 aromatic heterocycles. The van der Waals surface area contributed by atoms with Gasteiger partial charge in [-0.15, -0.1) is 4.53 Å². The van der Waals surface area contributed by atoms with Gasteiger partial charge < -0.3 is 4.90 Å². The van der Waals surface area contributed by atoms with Crippen molar-refractivity contribution in [2.75, 3.05) is 16.5 Å². The van der Waals surface area contributed by atoms with Gasteiger partial charge in [-0.3, -0.25) is 14.9 Å². The standard InChI is InChI=1S/C21H19ClN4O3/c22-25-20-16-13-15(26(28)29)10-11-17(16)23-12-6-2-5-9-18(23)19(20)21(27)24(25)14-7-3-1-4-8-14/h1,3-4,7-8,10-11,13,20H,2,5-6,9,12H2. The number of nitrogens with zero attached hydrogens (tertiary/aromatic N) is 4. The van der Waals surface area contributed by atoms with E-state index in [1.165, 1.54) is 15.6 Å². The number of amides is 1. The van der Waals surface area contributed by atoms with Crippen LogP contribution in [0.15, 0.2) is 59.8 Å². The highest BCUT2D eigenvalue weighted by Gasteiger charge is 2.50. The molecule has 3 aliphatic rings. The molecule has 148 valence electrons. The summed E-state index contributed by atoms with van der Waals surface area (Å²) < 4.78 is 1.39. The predicted octanol–water partition coefficient (Wildman–Crippen LogP) is 4.70. The van der Waals surface area contributed by atoms with E-state index in [1.807, 2.05) is 30.3 Å². The maximum Gasteiger partial charge on any atom is 0.273 e. The minimum Gasteiger partial charge on any atom is -0.344 e. The van der Waals surface area contributed by atoms with Crippen molar-refractivity contribution in [2.24, 2.45) is 0 Å². The first-order valence-corrected chi connectivity index (χ1v) is 10.0. The number of hydrogen-bond donors (Lipinski definition) is 0. The maximum atomic E-state index is 13.5. The summed E-state index contributed by atoms with van der Waals surface area (Å²) in [6, 6.07) is 13.6. The molecule has 2 fully saturated rings. The lowest BCUT2D eigenvalue weighted by Gasteiger charge is -2.36. The van der Waals surface area contributed by atoms with Crippen LogP contribution in [0.25, 0.3) is 0 Å². The van der Waals surface area contributed by atoms with E-state index in [9.17, 15) is 14.9 Å². The van der Waals surface area contributed by atoms with Gasteiger partial charge in [0.05, 0.1) is 16.2 Å². The van der Waals surface area contributed by atoms with E-state index >= 15 is 0 Å². The van der Waals surface area contributed by atoms with E-state index in [-0.39, 0.29) is 11.6 Å². The van der Waals surface area contributed by atoms with Crippen molar-refractivity contribution in [2.45, 2.75) is 31.7 Å². The van der Waals surface area contributed by atoms with Crippen molar-refractivity contribution in [1.82, 2.24) is 4.53 Å². The molecule has 1 amide bonds. The fraction of sp³-hybridized carbons (Fsp3) is 0.286. The minimum absolute atomic E-state index is 0.00273. The zero-order valence-corrected chi connectivity index (χ0v) is 16.4. The maximum absolute atomic E-state index is 13.5. The van der Waals surface area contributed by atoms with Crippen LogP contribution in [0, 0.1) is 10.1 Å². The number of nitro benzene ring substituents is 1. The zero-order valence-electron chi connectivity index (χ0n) is 15.6. The lowest BCUT2D eigenvalue weighted by Crippen LogP contribution is -2.33. The number of para-hydroxylation sites is 1. The van der Waals surface area contributed by atoms with Crippen molar-refractivity contribution in [1.29, 1.82) is 0 Å². The lowest BCUT2D eigenvalue weighted by molar-refractivity contribution is -0.384. The average Bonchev–Trinajstić information content (AvgIpc) is 2.88. The third kappa shape index (κ3) is 2.73. The average molecular weight is 411 g/mol. The zero-order chi connectivity index (χ0) is 20.1. The monoisotopic (exact) mass is 410 g/mol. The summed E-state index contributed by atoms with van der Waals surface area (Å²) in [6.45, 7) is 0.789. The summed E-state index contributed by atoms with van der Waals surface area (Å²) >= 11 is 6.73. The molecule has 0 spiro atoms. The van der Waals surface area contributed by atoms with E-state index in [2.05, 4.69) is 4.90 Å². The van der Waals surface area contributed by atoms with Gasteiger partial charge >= 0.3 is 0 Å². The molecular formula is C21H19ClN4O3. The van der Waals surface area contributed by atoms with Crippen LogP contribution >= 0.6 is 11.8 Å². The Balaban J connectivity index is 1.73. The summed E-state index contributed by atoms with van der Waals surface area (Å²) in [5.74, 6) is -0.171. The Hall–Kier alpha value is -2.90. The molecule has 3 aliphatic heterocycles. The normalized spacial score (nSPS) is 21.6. The fourth-order valence-corrected chi connectivity index (χ4v) is 4.92. The van der Waals surface area contributed by atoms with Crippen LogP contribution in [0.2, 0.25) is 0 Å². The first kappa shape index (κ1) is 18.1. The largest absolute Gasteiger partial charge is 0.344 e. The van der Waals surface area contributed by atoms with E-state index < -0.39 is 11.0 Å². The Labute approximate surface area is 173 Å². The van der Waals surface area contributed by atoms with Crippen molar-refractivity contribution in [3.8, 4) is 0 Å².